The quantitative estimate of drug-likeness (QED) is 0.358. The molecule has 2 atom stereocenters. The molecular formula is C27H28N2O6S. The van der Waals surface area contributed by atoms with Crippen LogP contribution in [0.25, 0.3) is 0 Å². The van der Waals surface area contributed by atoms with Crippen LogP contribution in [-0.2, 0) is 12.8 Å². The summed E-state index contributed by atoms with van der Waals surface area (Å²) in [6.07, 6.45) is 2.63. The Morgan fingerprint density at radius 3 is 2.47 bits per heavy atom. The van der Waals surface area contributed by atoms with E-state index < -0.39 is 12.1 Å². The lowest BCUT2D eigenvalue weighted by molar-refractivity contribution is 0.0733. The fourth-order valence-electron chi connectivity index (χ4n) is 4.75. The van der Waals surface area contributed by atoms with Crippen LogP contribution in [0.3, 0.4) is 0 Å². The van der Waals surface area contributed by atoms with Crippen LogP contribution in [-0.4, -0.2) is 33.2 Å². The van der Waals surface area contributed by atoms with Gasteiger partial charge in [-0.15, -0.1) is 11.3 Å². The monoisotopic (exact) mass is 508 g/mol. The first-order valence-electron chi connectivity index (χ1n) is 11.8. The Bertz CT molecular complexity index is 1310. The molecule has 1 aromatic heterocycles. The number of carbonyl (C=O) groups excluding carboxylic acids is 2. The summed E-state index contributed by atoms with van der Waals surface area (Å²) in [5, 5.41) is 7.44. The number of benzene rings is 2. The van der Waals surface area contributed by atoms with E-state index in [1.807, 2.05) is 6.07 Å². The minimum Gasteiger partial charge on any atom is -0.493 e. The van der Waals surface area contributed by atoms with Gasteiger partial charge in [0.25, 0.3) is 5.91 Å². The molecule has 5 rings (SSSR count). The number of methoxy groups -OCH3 is 3. The van der Waals surface area contributed by atoms with E-state index >= 15 is 0 Å². The number of hydrogen-bond donors (Lipinski definition) is 2. The van der Waals surface area contributed by atoms with Gasteiger partial charge in [0.15, 0.2) is 11.5 Å². The molecule has 2 N–H and O–H groups in total. The molecule has 2 aliphatic rings. The molecule has 0 spiro atoms. The average Bonchev–Trinajstić information content (AvgIpc) is 3.25. The zero-order valence-corrected chi connectivity index (χ0v) is 21.4. The van der Waals surface area contributed by atoms with Crippen molar-refractivity contribution in [3.05, 3.63) is 63.5 Å². The van der Waals surface area contributed by atoms with Gasteiger partial charge in [0.05, 0.1) is 32.5 Å². The molecule has 188 valence electrons. The Kier molecular flexibility index (Phi) is 6.49. The Morgan fingerprint density at radius 1 is 1.03 bits per heavy atom. The van der Waals surface area contributed by atoms with Crippen LogP contribution < -0.4 is 29.6 Å². The summed E-state index contributed by atoms with van der Waals surface area (Å²) < 4.78 is 21.6. The Morgan fingerprint density at radius 2 is 1.78 bits per heavy atom. The highest BCUT2D eigenvalue weighted by molar-refractivity contribution is 7.16. The molecule has 0 fully saturated rings. The van der Waals surface area contributed by atoms with Gasteiger partial charge in [0, 0.05) is 4.88 Å². The number of hydrogen-bond acceptors (Lipinski definition) is 8. The lowest BCUT2D eigenvalue weighted by atomic mass is 9.88. The van der Waals surface area contributed by atoms with E-state index in [9.17, 15) is 9.59 Å². The number of thiophene rings is 1. The van der Waals surface area contributed by atoms with Gasteiger partial charge in [0.2, 0.25) is 5.75 Å². The standard InChI is InChI=1S/C27H28N2O6S/c1-14-8-9-18-21(10-14)36-26-22(18)25(30)28-24(29-26)15-6-5-7-17(11-15)35-27(31)16-12-19(32-2)23(34-4)20(13-16)33-3/h5-7,11-14,24,29H,8-10H2,1-4H3,(H,28,30)/t14-,24+/m0/s1. The predicted molar refractivity (Wildman–Crippen MR) is 137 cm³/mol. The molecule has 2 aromatic carbocycles. The van der Waals surface area contributed by atoms with Crippen molar-refractivity contribution in [2.45, 2.75) is 32.4 Å². The second-order valence-corrected chi connectivity index (χ2v) is 10.1. The zero-order valence-electron chi connectivity index (χ0n) is 20.6. The number of amides is 1. The minimum atomic E-state index is -0.575. The molecule has 2 heterocycles. The molecule has 1 aliphatic heterocycles. The summed E-state index contributed by atoms with van der Waals surface area (Å²) >= 11 is 1.67. The van der Waals surface area contributed by atoms with Crippen LogP contribution in [0.2, 0.25) is 0 Å². The van der Waals surface area contributed by atoms with Gasteiger partial charge in [-0.2, -0.15) is 0 Å². The van der Waals surface area contributed by atoms with E-state index in [0.29, 0.717) is 28.9 Å². The molecule has 36 heavy (non-hydrogen) atoms. The number of rotatable bonds is 6. The van der Waals surface area contributed by atoms with Gasteiger partial charge in [0.1, 0.15) is 16.9 Å². The number of anilines is 1. The third-order valence-electron chi connectivity index (χ3n) is 6.59. The first-order chi connectivity index (χ1) is 17.4. The Labute approximate surface area is 213 Å². The zero-order chi connectivity index (χ0) is 25.4. The molecule has 0 radical (unpaired) electrons. The van der Waals surface area contributed by atoms with Crippen molar-refractivity contribution in [3.63, 3.8) is 0 Å². The summed E-state index contributed by atoms with van der Waals surface area (Å²) in [5.41, 5.74) is 3.00. The lowest BCUT2D eigenvalue weighted by Crippen LogP contribution is -2.38. The maximum absolute atomic E-state index is 13.0. The van der Waals surface area contributed by atoms with Crippen molar-refractivity contribution in [2.75, 3.05) is 26.6 Å². The van der Waals surface area contributed by atoms with Crippen molar-refractivity contribution in [1.82, 2.24) is 5.32 Å². The molecule has 9 heteroatoms. The molecular weight excluding hydrogens is 480 g/mol. The fourth-order valence-corrected chi connectivity index (χ4v) is 6.19. The van der Waals surface area contributed by atoms with Crippen LogP contribution in [0.5, 0.6) is 23.0 Å². The maximum Gasteiger partial charge on any atom is 0.343 e. The highest BCUT2D eigenvalue weighted by atomic mass is 32.1. The molecule has 0 unspecified atom stereocenters. The van der Waals surface area contributed by atoms with Gasteiger partial charge < -0.3 is 29.6 Å². The Hall–Kier alpha value is -3.72. The number of esters is 1. The van der Waals surface area contributed by atoms with Crippen LogP contribution in [0, 0.1) is 5.92 Å². The molecule has 1 amide bonds. The lowest BCUT2D eigenvalue weighted by Gasteiger charge is -2.27. The second-order valence-electron chi connectivity index (χ2n) is 8.98. The highest BCUT2D eigenvalue weighted by Gasteiger charge is 2.33. The van der Waals surface area contributed by atoms with E-state index in [2.05, 4.69) is 17.6 Å². The molecule has 8 nitrogen and oxygen atoms in total. The van der Waals surface area contributed by atoms with E-state index in [1.54, 1.807) is 29.5 Å². The van der Waals surface area contributed by atoms with E-state index in [1.165, 1.54) is 43.9 Å². The van der Waals surface area contributed by atoms with Crippen LogP contribution in [0.1, 0.15) is 56.2 Å². The average molecular weight is 509 g/mol. The normalized spacial score (nSPS) is 18.3. The SMILES string of the molecule is COc1cc(C(=O)Oc2cccc([C@@H]3NC(=O)c4c(sc5c4CC[C@H](C)C5)N3)c2)cc(OC)c1OC. The van der Waals surface area contributed by atoms with Crippen molar-refractivity contribution in [2.24, 2.45) is 5.92 Å². The highest BCUT2D eigenvalue weighted by Crippen LogP contribution is 2.43. The number of fused-ring (bicyclic) bond motifs is 3. The largest absolute Gasteiger partial charge is 0.493 e. The molecule has 0 bridgehead atoms. The van der Waals surface area contributed by atoms with E-state index in [4.69, 9.17) is 18.9 Å². The first-order valence-corrected chi connectivity index (χ1v) is 12.6. The fraction of sp³-hybridized carbons (Fsp3) is 0.333. The maximum atomic E-state index is 13.0. The van der Waals surface area contributed by atoms with Crippen molar-refractivity contribution in [1.29, 1.82) is 0 Å². The van der Waals surface area contributed by atoms with Crippen molar-refractivity contribution < 1.29 is 28.5 Å². The van der Waals surface area contributed by atoms with Crippen LogP contribution in [0.15, 0.2) is 36.4 Å². The topological polar surface area (TPSA) is 95.1 Å². The van der Waals surface area contributed by atoms with Crippen LogP contribution >= 0.6 is 11.3 Å². The number of ether oxygens (including phenoxy) is 4. The molecule has 0 saturated carbocycles. The molecule has 0 saturated heterocycles. The van der Waals surface area contributed by atoms with E-state index in [-0.39, 0.29) is 11.5 Å². The Balaban J connectivity index is 1.37. The van der Waals surface area contributed by atoms with Gasteiger partial charge in [-0.25, -0.2) is 4.79 Å². The summed E-state index contributed by atoms with van der Waals surface area (Å²) in [6.45, 7) is 2.25. The summed E-state index contributed by atoms with van der Waals surface area (Å²) in [5.74, 6) is 1.45. The first kappa shape index (κ1) is 24.0. The molecule has 1 aliphatic carbocycles. The number of nitrogens with one attached hydrogen (secondary N) is 2. The van der Waals surface area contributed by atoms with Gasteiger partial charge in [-0.3, -0.25) is 4.79 Å². The van der Waals surface area contributed by atoms with Gasteiger partial charge in [-0.1, -0.05) is 19.1 Å². The second kappa shape index (κ2) is 9.73. The van der Waals surface area contributed by atoms with Crippen molar-refractivity contribution in [3.8, 4) is 23.0 Å². The smallest absolute Gasteiger partial charge is 0.343 e. The predicted octanol–water partition coefficient (Wildman–Crippen LogP) is 4.97. The van der Waals surface area contributed by atoms with Gasteiger partial charge >= 0.3 is 5.97 Å². The third-order valence-corrected chi connectivity index (χ3v) is 7.78. The van der Waals surface area contributed by atoms with E-state index in [0.717, 1.165) is 35.4 Å². The summed E-state index contributed by atoms with van der Waals surface area (Å²) in [7, 11) is 4.46. The van der Waals surface area contributed by atoms with Crippen LogP contribution in [0.4, 0.5) is 5.00 Å². The van der Waals surface area contributed by atoms with Gasteiger partial charge in [-0.05, 0) is 60.6 Å². The van der Waals surface area contributed by atoms with Crippen molar-refractivity contribution >= 4 is 28.2 Å². The number of carbonyl (C=O) groups is 2. The summed E-state index contributed by atoms with van der Waals surface area (Å²) in [4.78, 5) is 27.3. The minimum absolute atomic E-state index is 0.0689. The summed E-state index contributed by atoms with van der Waals surface area (Å²) in [6, 6.07) is 10.2. The third kappa shape index (κ3) is 4.35. The molecule has 3 aromatic rings.